The fourth-order valence-corrected chi connectivity index (χ4v) is 1.12. The van der Waals surface area contributed by atoms with Gasteiger partial charge in [0.1, 0.15) is 23.6 Å². The first-order valence-electron chi connectivity index (χ1n) is 4.08. The first-order valence-corrected chi connectivity index (χ1v) is 4.08. The number of aliphatic imine (C=N–C) groups is 2. The van der Waals surface area contributed by atoms with Crippen molar-refractivity contribution in [3.05, 3.63) is 47.9 Å². The minimum Gasteiger partial charge on any atom is -0.0740 e. The molecular formula is C11H8N2+2. The summed E-state index contributed by atoms with van der Waals surface area (Å²) in [7, 11) is 0. The summed E-state index contributed by atoms with van der Waals surface area (Å²) in [5, 5.41) is 0. The van der Waals surface area contributed by atoms with Gasteiger partial charge in [0, 0.05) is 0 Å². The summed E-state index contributed by atoms with van der Waals surface area (Å²) >= 11 is 0. The van der Waals surface area contributed by atoms with Gasteiger partial charge in [0.15, 0.2) is 12.4 Å². The van der Waals surface area contributed by atoms with Gasteiger partial charge in [0.05, 0.1) is 30.7 Å². The van der Waals surface area contributed by atoms with Gasteiger partial charge in [-0.3, -0.25) is 0 Å². The SMILES string of the molecule is [C+]1=C(CC2=[C+]N=CC=C2)C=CC=N1. The van der Waals surface area contributed by atoms with E-state index in [1.807, 2.05) is 24.3 Å². The second-order valence-corrected chi connectivity index (χ2v) is 2.73. The molecule has 0 fully saturated rings. The van der Waals surface area contributed by atoms with E-state index < -0.39 is 0 Å². The Morgan fingerprint density at radius 3 is 1.85 bits per heavy atom. The van der Waals surface area contributed by atoms with E-state index in [4.69, 9.17) is 0 Å². The molecule has 2 rings (SSSR count). The zero-order valence-electron chi connectivity index (χ0n) is 7.07. The molecule has 0 N–H and O–H groups in total. The number of hydrogen-bond donors (Lipinski definition) is 0. The summed E-state index contributed by atoms with van der Waals surface area (Å²) < 4.78 is 0. The fourth-order valence-electron chi connectivity index (χ4n) is 1.12. The maximum atomic E-state index is 3.92. The summed E-state index contributed by atoms with van der Waals surface area (Å²) in [5.74, 6) is 0. The van der Waals surface area contributed by atoms with Crippen LogP contribution in [0.4, 0.5) is 0 Å². The van der Waals surface area contributed by atoms with Crippen molar-refractivity contribution in [2.75, 3.05) is 0 Å². The van der Waals surface area contributed by atoms with Crippen LogP contribution in [-0.4, -0.2) is 12.4 Å². The lowest BCUT2D eigenvalue weighted by atomic mass is 10.0. The number of rotatable bonds is 2. The first-order chi connectivity index (χ1) is 6.45. The predicted molar refractivity (Wildman–Crippen MR) is 53.4 cm³/mol. The van der Waals surface area contributed by atoms with E-state index in [-0.39, 0.29) is 0 Å². The molecule has 0 spiro atoms. The Balaban J connectivity index is 2.06. The zero-order chi connectivity index (χ0) is 8.93. The van der Waals surface area contributed by atoms with Crippen LogP contribution in [0.2, 0.25) is 0 Å². The Hall–Kier alpha value is -1.88. The predicted octanol–water partition coefficient (Wildman–Crippen LogP) is 2.03. The highest BCUT2D eigenvalue weighted by Crippen LogP contribution is 2.15. The van der Waals surface area contributed by atoms with Crippen LogP contribution in [0, 0.1) is 12.4 Å². The van der Waals surface area contributed by atoms with Gasteiger partial charge in [-0.05, 0) is 0 Å². The molecule has 2 aliphatic heterocycles. The van der Waals surface area contributed by atoms with Gasteiger partial charge in [0.2, 0.25) is 0 Å². The maximum absolute atomic E-state index is 3.92. The molecule has 13 heavy (non-hydrogen) atoms. The van der Waals surface area contributed by atoms with Crippen LogP contribution in [0.1, 0.15) is 6.42 Å². The third-order valence-electron chi connectivity index (χ3n) is 1.71. The van der Waals surface area contributed by atoms with Crippen LogP contribution >= 0.6 is 0 Å². The Labute approximate surface area is 77.4 Å². The molecule has 0 saturated carbocycles. The van der Waals surface area contributed by atoms with Crippen molar-refractivity contribution in [2.45, 2.75) is 6.42 Å². The number of allylic oxidation sites excluding steroid dienone is 6. The molecule has 2 heterocycles. The lowest BCUT2D eigenvalue weighted by Gasteiger charge is -1.91. The van der Waals surface area contributed by atoms with Crippen LogP contribution in [0.3, 0.4) is 0 Å². The van der Waals surface area contributed by atoms with Crippen molar-refractivity contribution in [1.29, 1.82) is 0 Å². The largest absolute Gasteiger partial charge is 0.160 e. The summed E-state index contributed by atoms with van der Waals surface area (Å²) in [6, 6.07) is 0. The van der Waals surface area contributed by atoms with Gasteiger partial charge in [-0.25, -0.2) is 0 Å². The highest BCUT2D eigenvalue weighted by molar-refractivity contribution is 5.74. The Morgan fingerprint density at radius 2 is 1.46 bits per heavy atom. The molecule has 0 saturated heterocycles. The molecule has 0 atom stereocenters. The lowest BCUT2D eigenvalue weighted by molar-refractivity contribution is 1.14. The van der Waals surface area contributed by atoms with E-state index in [0.29, 0.717) is 0 Å². The molecule has 60 valence electrons. The summed E-state index contributed by atoms with van der Waals surface area (Å²) in [6.07, 6.45) is 17.9. The highest BCUT2D eigenvalue weighted by Gasteiger charge is 2.12. The van der Waals surface area contributed by atoms with E-state index in [0.717, 1.165) is 17.6 Å². The van der Waals surface area contributed by atoms with Crippen molar-refractivity contribution < 1.29 is 0 Å². The minimum atomic E-state index is 0.793. The smallest absolute Gasteiger partial charge is 0.0740 e. The molecule has 2 heteroatoms. The second kappa shape index (κ2) is 3.68. The second-order valence-electron chi connectivity index (χ2n) is 2.73. The maximum Gasteiger partial charge on any atom is 0.160 e. The molecule has 0 radical (unpaired) electrons. The Bertz CT molecular complexity index is 330. The zero-order valence-corrected chi connectivity index (χ0v) is 7.07. The first kappa shape index (κ1) is 7.75. The standard InChI is InChI=1S/C11H8N2/c1-3-10(8-12-5-1)7-11-4-2-6-13-9-11/h1-6H,7H2/q+2. The molecule has 0 unspecified atom stereocenters. The molecule has 0 bridgehead atoms. The molecule has 0 aromatic heterocycles. The van der Waals surface area contributed by atoms with Crippen LogP contribution in [0.15, 0.2) is 45.4 Å². The van der Waals surface area contributed by atoms with Crippen molar-refractivity contribution >= 4 is 12.4 Å². The van der Waals surface area contributed by atoms with Gasteiger partial charge >= 0.3 is 0 Å². The van der Waals surface area contributed by atoms with Crippen molar-refractivity contribution in [3.8, 4) is 0 Å². The van der Waals surface area contributed by atoms with Crippen molar-refractivity contribution in [1.82, 2.24) is 0 Å². The van der Waals surface area contributed by atoms with E-state index in [1.54, 1.807) is 12.4 Å². The van der Waals surface area contributed by atoms with Gasteiger partial charge < -0.3 is 0 Å². The van der Waals surface area contributed by atoms with Gasteiger partial charge in [-0.15, -0.1) is 0 Å². The molecular weight excluding hydrogens is 160 g/mol. The summed E-state index contributed by atoms with van der Waals surface area (Å²) in [6.45, 7) is 0. The molecule has 2 aliphatic rings. The number of hydrogen-bond acceptors (Lipinski definition) is 2. The Kier molecular flexibility index (Phi) is 2.20. The fraction of sp³-hybridized carbons (Fsp3) is 0.0909. The van der Waals surface area contributed by atoms with Crippen LogP contribution in [0.5, 0.6) is 0 Å². The van der Waals surface area contributed by atoms with Crippen molar-refractivity contribution in [2.24, 2.45) is 9.98 Å². The van der Waals surface area contributed by atoms with Crippen LogP contribution in [0.25, 0.3) is 0 Å². The quantitative estimate of drug-likeness (QED) is 0.564. The molecule has 2 nitrogen and oxygen atoms in total. The molecule has 0 amide bonds. The van der Waals surface area contributed by atoms with Gasteiger partial charge in [-0.1, -0.05) is 9.98 Å². The third-order valence-corrected chi connectivity index (χ3v) is 1.71. The molecule has 0 aliphatic carbocycles. The third kappa shape index (κ3) is 2.03. The van der Waals surface area contributed by atoms with E-state index in [2.05, 4.69) is 22.4 Å². The number of nitrogens with zero attached hydrogens (tertiary/aromatic N) is 2. The average molecular weight is 168 g/mol. The lowest BCUT2D eigenvalue weighted by Crippen LogP contribution is -1.89. The highest BCUT2D eigenvalue weighted by atomic mass is 14.7. The summed E-state index contributed by atoms with van der Waals surface area (Å²) in [4.78, 5) is 7.84. The van der Waals surface area contributed by atoms with E-state index in [9.17, 15) is 0 Å². The molecule has 0 aromatic rings. The summed E-state index contributed by atoms with van der Waals surface area (Å²) in [5.41, 5.74) is 2.12. The van der Waals surface area contributed by atoms with E-state index >= 15 is 0 Å². The van der Waals surface area contributed by atoms with Crippen molar-refractivity contribution in [3.63, 3.8) is 0 Å². The van der Waals surface area contributed by atoms with Crippen LogP contribution in [-0.2, 0) is 0 Å². The van der Waals surface area contributed by atoms with Crippen LogP contribution < -0.4 is 0 Å². The minimum absolute atomic E-state index is 0.793. The average Bonchev–Trinajstić information content (AvgIpc) is 2.21. The normalized spacial score (nSPS) is 17.5. The topological polar surface area (TPSA) is 24.7 Å². The van der Waals surface area contributed by atoms with E-state index in [1.165, 1.54) is 0 Å². The molecule has 0 aromatic carbocycles. The Morgan fingerprint density at radius 1 is 0.923 bits per heavy atom. The van der Waals surface area contributed by atoms with Gasteiger partial charge in [-0.2, -0.15) is 0 Å². The van der Waals surface area contributed by atoms with Gasteiger partial charge in [0.25, 0.3) is 0 Å². The monoisotopic (exact) mass is 168 g/mol.